The number of alkyl halides is 6. The monoisotopic (exact) mass is 402 g/mol. The molecule has 0 saturated carbocycles. The van der Waals surface area contributed by atoms with Crippen molar-refractivity contribution in [1.82, 2.24) is 0 Å². The minimum absolute atomic E-state index is 0.433. The lowest BCUT2D eigenvalue weighted by Gasteiger charge is -2.39. The van der Waals surface area contributed by atoms with E-state index in [0.29, 0.717) is 0 Å². The minimum Gasteiger partial charge on any atom is -0.461 e. The third kappa shape index (κ3) is 8.24. The van der Waals surface area contributed by atoms with E-state index < -0.39 is 48.4 Å². The lowest BCUT2D eigenvalue weighted by Crippen LogP contribution is -2.49. The fraction of sp³-hybridized carbons (Fsp3) is 0.917. The number of carbonyl (C=O) groups excluding carboxylic acids is 1. The fourth-order valence-corrected chi connectivity index (χ4v) is 2.57. The second kappa shape index (κ2) is 7.47. The summed E-state index contributed by atoms with van der Waals surface area (Å²) in [5.41, 5.74) is 0. The van der Waals surface area contributed by atoms with Crippen LogP contribution < -0.4 is 0 Å². The van der Waals surface area contributed by atoms with Crippen LogP contribution in [0.25, 0.3) is 0 Å². The van der Waals surface area contributed by atoms with Gasteiger partial charge in [-0.25, -0.2) is 0 Å². The molecule has 0 aliphatic carbocycles. The molecule has 22 heavy (non-hydrogen) atoms. The maximum atomic E-state index is 13.1. The highest BCUT2D eigenvalue weighted by atomic mass is 35.6. The van der Waals surface area contributed by atoms with Crippen LogP contribution in [0.1, 0.15) is 27.2 Å². The summed E-state index contributed by atoms with van der Waals surface area (Å²) in [4.78, 5) is 11.5. The molecule has 132 valence electrons. The summed E-state index contributed by atoms with van der Waals surface area (Å²) in [6, 6.07) is 0. The van der Waals surface area contributed by atoms with Crippen molar-refractivity contribution in [3.63, 3.8) is 0 Å². The Bertz CT molecular complexity index is 390. The molecule has 1 atom stereocenters. The summed E-state index contributed by atoms with van der Waals surface area (Å²) in [6.45, 7) is 8.10. The van der Waals surface area contributed by atoms with Crippen molar-refractivity contribution in [2.75, 3.05) is 6.61 Å². The first-order chi connectivity index (χ1) is 9.46. The molecule has 0 fully saturated rings. The molecule has 0 aromatic carbocycles. The predicted molar refractivity (Wildman–Crippen MR) is 84.0 cm³/mol. The predicted octanol–water partition coefficient (Wildman–Crippen LogP) is 5.24. The van der Waals surface area contributed by atoms with Crippen molar-refractivity contribution >= 4 is 49.1 Å². The standard InChI is InChI=1S/C12H20Cl3F3O3Si/c1-10(2,3)22(4,5)21-8(12(16,17)18)6-9(19)20-7-11(13,14)15/h8H,6-7H2,1-5H3/t8-/m0/s1. The third-order valence-corrected chi connectivity index (χ3v) is 8.17. The summed E-state index contributed by atoms with van der Waals surface area (Å²) in [7, 11) is -2.71. The van der Waals surface area contributed by atoms with Gasteiger partial charge in [-0.3, -0.25) is 4.79 Å². The van der Waals surface area contributed by atoms with E-state index in [-0.39, 0.29) is 0 Å². The Morgan fingerprint density at radius 2 is 1.59 bits per heavy atom. The fourth-order valence-electron chi connectivity index (χ4n) is 1.13. The molecule has 0 aromatic heterocycles. The summed E-state index contributed by atoms with van der Waals surface area (Å²) in [5, 5.41) is -0.433. The zero-order valence-electron chi connectivity index (χ0n) is 13.0. The molecule has 0 radical (unpaired) electrons. The van der Waals surface area contributed by atoms with E-state index in [1.165, 1.54) is 0 Å². The van der Waals surface area contributed by atoms with Gasteiger partial charge < -0.3 is 9.16 Å². The van der Waals surface area contributed by atoms with Gasteiger partial charge in [-0.05, 0) is 18.1 Å². The Morgan fingerprint density at radius 1 is 1.14 bits per heavy atom. The van der Waals surface area contributed by atoms with Gasteiger partial charge >= 0.3 is 12.1 Å². The second-order valence-electron chi connectivity index (χ2n) is 6.39. The Morgan fingerprint density at radius 3 is 1.91 bits per heavy atom. The van der Waals surface area contributed by atoms with Gasteiger partial charge in [0.2, 0.25) is 3.79 Å². The van der Waals surface area contributed by atoms with E-state index in [2.05, 4.69) is 4.74 Å². The highest BCUT2D eigenvalue weighted by Gasteiger charge is 2.48. The molecule has 0 aliphatic rings. The lowest BCUT2D eigenvalue weighted by molar-refractivity contribution is -0.204. The van der Waals surface area contributed by atoms with Gasteiger partial charge in [0, 0.05) is 0 Å². The van der Waals surface area contributed by atoms with Crippen molar-refractivity contribution in [2.45, 2.75) is 61.4 Å². The van der Waals surface area contributed by atoms with Crippen LogP contribution in [0.2, 0.25) is 18.1 Å². The molecule has 0 aromatic rings. The highest BCUT2D eigenvalue weighted by Crippen LogP contribution is 2.40. The zero-order valence-corrected chi connectivity index (χ0v) is 16.3. The van der Waals surface area contributed by atoms with Gasteiger partial charge in [0.15, 0.2) is 14.4 Å². The quantitative estimate of drug-likeness (QED) is 0.357. The van der Waals surface area contributed by atoms with E-state index in [9.17, 15) is 18.0 Å². The normalized spacial score (nSPS) is 15.6. The minimum atomic E-state index is -4.69. The Labute approximate surface area is 144 Å². The van der Waals surface area contributed by atoms with Crippen LogP contribution in [0.3, 0.4) is 0 Å². The van der Waals surface area contributed by atoms with Crippen molar-refractivity contribution < 1.29 is 27.1 Å². The van der Waals surface area contributed by atoms with Gasteiger partial charge in [-0.1, -0.05) is 55.6 Å². The second-order valence-corrected chi connectivity index (χ2v) is 13.7. The average Bonchev–Trinajstić information content (AvgIpc) is 2.21. The maximum Gasteiger partial charge on any atom is 0.413 e. The Hall–Kier alpha value is 0.307. The molecule has 0 amide bonds. The van der Waals surface area contributed by atoms with Crippen LogP contribution in [0.15, 0.2) is 0 Å². The van der Waals surface area contributed by atoms with Crippen LogP contribution in [0.5, 0.6) is 0 Å². The summed E-state index contributed by atoms with van der Waals surface area (Å²) in [6.07, 6.45) is -7.90. The van der Waals surface area contributed by atoms with E-state index in [1.807, 2.05) is 0 Å². The van der Waals surface area contributed by atoms with E-state index in [1.54, 1.807) is 33.9 Å². The van der Waals surface area contributed by atoms with Gasteiger partial charge in [0.1, 0.15) is 6.61 Å². The molecule has 10 heteroatoms. The smallest absolute Gasteiger partial charge is 0.413 e. The van der Waals surface area contributed by atoms with Crippen LogP contribution in [-0.4, -0.2) is 37.0 Å². The number of ether oxygens (including phenoxy) is 1. The van der Waals surface area contributed by atoms with Crippen LogP contribution >= 0.6 is 34.8 Å². The van der Waals surface area contributed by atoms with Crippen molar-refractivity contribution in [2.24, 2.45) is 0 Å². The molecular weight excluding hydrogens is 384 g/mol. The van der Waals surface area contributed by atoms with Crippen LogP contribution in [-0.2, 0) is 14.0 Å². The van der Waals surface area contributed by atoms with Crippen molar-refractivity contribution in [3.8, 4) is 0 Å². The first-order valence-corrected chi connectivity index (χ1v) is 10.5. The topological polar surface area (TPSA) is 35.5 Å². The lowest BCUT2D eigenvalue weighted by atomic mass is 10.2. The molecule has 0 saturated heterocycles. The molecule has 0 aliphatic heterocycles. The van der Waals surface area contributed by atoms with E-state index in [0.717, 1.165) is 0 Å². The molecule has 0 spiro atoms. The van der Waals surface area contributed by atoms with Crippen molar-refractivity contribution in [1.29, 1.82) is 0 Å². The summed E-state index contributed by atoms with van der Waals surface area (Å²) in [5.74, 6) is -1.13. The first kappa shape index (κ1) is 22.3. The van der Waals surface area contributed by atoms with Gasteiger partial charge in [0.05, 0.1) is 6.42 Å². The largest absolute Gasteiger partial charge is 0.461 e. The maximum absolute atomic E-state index is 13.1. The third-order valence-electron chi connectivity index (χ3n) is 3.36. The molecule has 0 rings (SSSR count). The van der Waals surface area contributed by atoms with E-state index in [4.69, 9.17) is 39.2 Å². The molecule has 0 unspecified atom stereocenters. The molecule has 0 bridgehead atoms. The molecule has 0 N–H and O–H groups in total. The molecular formula is C12H20Cl3F3O3Si. The SMILES string of the molecule is CC(C)(C)[Si](C)(C)O[C@@H](CC(=O)OCC(Cl)(Cl)Cl)C(F)(F)F. The number of halogens is 6. The summed E-state index contributed by atoms with van der Waals surface area (Å²) >= 11 is 16.1. The number of rotatable bonds is 5. The number of esters is 1. The van der Waals surface area contributed by atoms with Gasteiger partial charge in [-0.2, -0.15) is 13.2 Å². The van der Waals surface area contributed by atoms with E-state index >= 15 is 0 Å². The van der Waals surface area contributed by atoms with Gasteiger partial charge in [-0.15, -0.1) is 0 Å². The number of hydrogen-bond donors (Lipinski definition) is 0. The number of carbonyl (C=O) groups is 1. The Kier molecular flexibility index (Phi) is 7.57. The molecule has 3 nitrogen and oxygen atoms in total. The first-order valence-electron chi connectivity index (χ1n) is 6.42. The summed E-state index contributed by atoms with van der Waals surface area (Å²) < 4.78 is 47.2. The Balaban J connectivity index is 4.93. The zero-order chi connectivity index (χ0) is 18.0. The van der Waals surface area contributed by atoms with Crippen LogP contribution in [0, 0.1) is 0 Å². The average molecular weight is 404 g/mol. The van der Waals surface area contributed by atoms with Crippen LogP contribution in [0.4, 0.5) is 13.2 Å². The number of hydrogen-bond acceptors (Lipinski definition) is 3. The molecule has 0 heterocycles. The van der Waals surface area contributed by atoms with Crippen molar-refractivity contribution in [3.05, 3.63) is 0 Å². The van der Waals surface area contributed by atoms with Gasteiger partial charge in [0.25, 0.3) is 0 Å². The highest BCUT2D eigenvalue weighted by molar-refractivity contribution is 6.74.